The van der Waals surface area contributed by atoms with Crippen LogP contribution in [0.5, 0.6) is 0 Å². The summed E-state index contributed by atoms with van der Waals surface area (Å²) >= 11 is 0. The standard InChI is InChI=1S/C4H5O.K/c1-2-4-5-3-1;/h1H,2,4H2;/q-1;+1. The molecule has 6 heavy (non-hydrogen) atoms. The number of rotatable bonds is 0. The van der Waals surface area contributed by atoms with Crippen molar-refractivity contribution in [2.75, 3.05) is 6.61 Å². The van der Waals surface area contributed by atoms with Crippen LogP contribution in [0.4, 0.5) is 0 Å². The van der Waals surface area contributed by atoms with Gasteiger partial charge in [0.25, 0.3) is 0 Å². The van der Waals surface area contributed by atoms with Crippen molar-refractivity contribution in [2.24, 2.45) is 0 Å². The van der Waals surface area contributed by atoms with Crippen molar-refractivity contribution in [3.05, 3.63) is 12.3 Å². The van der Waals surface area contributed by atoms with Crippen molar-refractivity contribution in [3.8, 4) is 0 Å². The molecule has 0 aromatic heterocycles. The fourth-order valence-corrected chi connectivity index (χ4v) is 0.295. The summed E-state index contributed by atoms with van der Waals surface area (Å²) in [5, 5.41) is 0. The molecule has 1 aliphatic heterocycles. The molecule has 0 unspecified atom stereocenters. The second-order valence-corrected chi connectivity index (χ2v) is 0.959. The maximum Gasteiger partial charge on any atom is 1.00 e. The second kappa shape index (κ2) is 4.34. The van der Waals surface area contributed by atoms with Crippen LogP contribution in [0.25, 0.3) is 0 Å². The molecule has 0 aliphatic carbocycles. The fraction of sp³-hybridized carbons (Fsp3) is 0.500. The van der Waals surface area contributed by atoms with Crippen molar-refractivity contribution in [2.45, 2.75) is 6.42 Å². The summed E-state index contributed by atoms with van der Waals surface area (Å²) in [6, 6.07) is 0. The monoisotopic (exact) mass is 108 g/mol. The van der Waals surface area contributed by atoms with E-state index in [1.165, 1.54) is 0 Å². The Bertz CT molecular complexity index is 45.5. The van der Waals surface area contributed by atoms with E-state index in [9.17, 15) is 0 Å². The van der Waals surface area contributed by atoms with Gasteiger partial charge in [-0.05, 0) is 6.42 Å². The summed E-state index contributed by atoms with van der Waals surface area (Å²) in [6.07, 6.45) is 5.53. The number of ether oxygens (including phenoxy) is 1. The molecule has 1 nitrogen and oxygen atoms in total. The predicted octanol–water partition coefficient (Wildman–Crippen LogP) is -2.27. The Morgan fingerprint density at radius 2 is 2.50 bits per heavy atom. The third-order valence-corrected chi connectivity index (χ3v) is 0.531. The maximum atomic E-state index is 4.64. The molecule has 0 atom stereocenters. The summed E-state index contributed by atoms with van der Waals surface area (Å²) in [6.45, 7) is 0.833. The SMILES string of the molecule is [C-]1=CCCO1.[K+]. The smallest absolute Gasteiger partial charge is 0.693 e. The Morgan fingerprint density at radius 3 is 2.67 bits per heavy atom. The molecule has 0 radical (unpaired) electrons. The van der Waals surface area contributed by atoms with Gasteiger partial charge >= 0.3 is 51.4 Å². The zero-order valence-electron chi connectivity index (χ0n) is 3.90. The molecule has 0 saturated heterocycles. The van der Waals surface area contributed by atoms with Crippen LogP contribution in [0.2, 0.25) is 0 Å². The Balaban J connectivity index is 0.000000250. The Labute approximate surface area is 80.2 Å². The predicted molar refractivity (Wildman–Crippen MR) is 18.4 cm³/mol. The molecule has 28 valence electrons. The van der Waals surface area contributed by atoms with Gasteiger partial charge in [0.05, 0.1) is 0 Å². The van der Waals surface area contributed by atoms with E-state index < -0.39 is 0 Å². The Hall–Kier alpha value is 1.18. The average molecular weight is 108 g/mol. The van der Waals surface area contributed by atoms with E-state index in [2.05, 4.69) is 11.0 Å². The van der Waals surface area contributed by atoms with Crippen molar-refractivity contribution in [3.63, 3.8) is 0 Å². The van der Waals surface area contributed by atoms with Gasteiger partial charge in [-0.15, -0.1) is 0 Å². The third kappa shape index (κ3) is 2.37. The zero-order valence-corrected chi connectivity index (χ0v) is 7.02. The van der Waals surface area contributed by atoms with Gasteiger partial charge in [-0.2, -0.15) is 0 Å². The Morgan fingerprint density at radius 1 is 1.67 bits per heavy atom. The molecule has 2 heteroatoms. The third-order valence-electron chi connectivity index (χ3n) is 0.531. The van der Waals surface area contributed by atoms with Gasteiger partial charge in [0.2, 0.25) is 0 Å². The van der Waals surface area contributed by atoms with Crippen LogP contribution in [-0.2, 0) is 4.74 Å². The zero-order chi connectivity index (χ0) is 3.54. The molecule has 0 bridgehead atoms. The molecular formula is C4H5KO. The fourth-order valence-electron chi connectivity index (χ4n) is 0.295. The average Bonchev–Trinajstić information content (AvgIpc) is 1.76. The van der Waals surface area contributed by atoms with Crippen LogP contribution in [0.3, 0.4) is 0 Å². The first kappa shape index (κ1) is 7.18. The molecule has 0 fully saturated rings. The van der Waals surface area contributed by atoms with Gasteiger partial charge in [-0.3, -0.25) is 0 Å². The van der Waals surface area contributed by atoms with Crippen LogP contribution >= 0.6 is 0 Å². The molecule has 0 N–H and O–H groups in total. The first-order valence-corrected chi connectivity index (χ1v) is 1.69. The van der Waals surface area contributed by atoms with Gasteiger partial charge in [0.1, 0.15) is 0 Å². The molecule has 1 aliphatic rings. The quantitative estimate of drug-likeness (QED) is 0.251. The summed E-state index contributed by atoms with van der Waals surface area (Å²) in [7, 11) is 0. The van der Waals surface area contributed by atoms with Crippen LogP contribution in [0.15, 0.2) is 6.08 Å². The van der Waals surface area contributed by atoms with E-state index >= 15 is 0 Å². The van der Waals surface area contributed by atoms with Crippen molar-refractivity contribution < 1.29 is 56.1 Å². The van der Waals surface area contributed by atoms with Gasteiger partial charge in [-0.1, -0.05) is 0 Å². The molecule has 0 saturated carbocycles. The number of hydrogen-bond donors (Lipinski definition) is 0. The van der Waals surface area contributed by atoms with Crippen molar-refractivity contribution in [1.82, 2.24) is 0 Å². The van der Waals surface area contributed by atoms with E-state index in [0.29, 0.717) is 0 Å². The molecule has 0 aromatic rings. The molecular weight excluding hydrogens is 103 g/mol. The first-order valence-electron chi connectivity index (χ1n) is 1.69. The van der Waals surface area contributed by atoms with E-state index in [0.717, 1.165) is 13.0 Å². The van der Waals surface area contributed by atoms with Gasteiger partial charge in [0, 0.05) is 6.61 Å². The van der Waals surface area contributed by atoms with Gasteiger partial charge in [-0.25, -0.2) is 6.08 Å². The van der Waals surface area contributed by atoms with Gasteiger partial charge < -0.3 is 11.0 Å². The molecule has 0 amide bonds. The van der Waals surface area contributed by atoms with E-state index in [1.54, 1.807) is 0 Å². The minimum Gasteiger partial charge on any atom is -0.693 e. The molecule has 1 heterocycles. The van der Waals surface area contributed by atoms with E-state index in [1.807, 2.05) is 6.08 Å². The molecule has 0 spiro atoms. The largest absolute Gasteiger partial charge is 1.00 e. The normalized spacial score (nSPS) is 16.0. The van der Waals surface area contributed by atoms with Crippen molar-refractivity contribution in [1.29, 1.82) is 0 Å². The topological polar surface area (TPSA) is 9.23 Å². The van der Waals surface area contributed by atoms with Crippen LogP contribution in [0.1, 0.15) is 6.42 Å². The van der Waals surface area contributed by atoms with Crippen LogP contribution in [0, 0.1) is 6.26 Å². The number of hydrogen-bond acceptors (Lipinski definition) is 1. The second-order valence-electron chi connectivity index (χ2n) is 0.959. The molecule has 1 rings (SSSR count). The summed E-state index contributed by atoms with van der Waals surface area (Å²) in [4.78, 5) is 0. The minimum absolute atomic E-state index is 0. The molecule has 0 aromatic carbocycles. The van der Waals surface area contributed by atoms with Crippen molar-refractivity contribution >= 4 is 0 Å². The minimum atomic E-state index is 0. The van der Waals surface area contributed by atoms with Crippen LogP contribution < -0.4 is 51.4 Å². The summed E-state index contributed by atoms with van der Waals surface area (Å²) < 4.78 is 4.64. The maximum absolute atomic E-state index is 4.64. The van der Waals surface area contributed by atoms with Crippen LogP contribution in [-0.4, -0.2) is 6.61 Å². The first-order chi connectivity index (χ1) is 2.50. The Kier molecular flexibility index (Phi) is 5.19. The summed E-state index contributed by atoms with van der Waals surface area (Å²) in [5.74, 6) is 0. The van der Waals surface area contributed by atoms with E-state index in [-0.39, 0.29) is 51.4 Å². The summed E-state index contributed by atoms with van der Waals surface area (Å²) in [5.41, 5.74) is 0. The van der Waals surface area contributed by atoms with E-state index in [4.69, 9.17) is 0 Å². The van der Waals surface area contributed by atoms with Gasteiger partial charge in [0.15, 0.2) is 0 Å².